The fourth-order valence-corrected chi connectivity index (χ4v) is 2.80. The minimum atomic E-state index is -0.790. The summed E-state index contributed by atoms with van der Waals surface area (Å²) in [5.74, 6) is -0.844. The minimum absolute atomic E-state index is 0. The molecule has 0 aromatic carbocycles. The molecule has 0 heterocycles. The first-order valence-electron chi connectivity index (χ1n) is 4.75. The maximum atomic E-state index is 11.6. The van der Waals surface area contributed by atoms with Gasteiger partial charge in [0, 0.05) is 6.92 Å². The van der Waals surface area contributed by atoms with Crippen LogP contribution in [0.3, 0.4) is 0 Å². The largest absolute Gasteiger partial charge is 0.467 e. The summed E-state index contributed by atoms with van der Waals surface area (Å²) in [7, 11) is 3.53. The first kappa shape index (κ1) is 19.7. The number of nitrogens with two attached hydrogens (primary N) is 1. The van der Waals surface area contributed by atoms with E-state index in [2.05, 4.69) is 10.1 Å². The van der Waals surface area contributed by atoms with Gasteiger partial charge in [0.05, 0.1) is 11.9 Å². The number of methoxy groups -OCH3 is 1. The normalized spacial score (nSPS) is 12.0. The highest BCUT2D eigenvalue weighted by molar-refractivity contribution is 8.82. The summed E-state index contributed by atoms with van der Waals surface area (Å²) in [4.78, 5) is 22.7. The van der Waals surface area contributed by atoms with E-state index in [1.54, 1.807) is 13.8 Å². The standard InChI is InChI=1S/C9H17N3O3S2.ClH/c1-5(13)12-6(7(14)15-4)9(2,3)17-16-8(10)11;/h6H,1-4H3,(H3,10,11)(H,12,13);1H. The Morgan fingerprint density at radius 1 is 1.44 bits per heavy atom. The van der Waals surface area contributed by atoms with Crippen molar-refractivity contribution in [2.75, 3.05) is 7.11 Å². The third kappa shape index (κ3) is 6.97. The number of carbonyl (C=O) groups is 2. The fourth-order valence-electron chi connectivity index (χ4n) is 1.04. The minimum Gasteiger partial charge on any atom is -0.467 e. The molecule has 0 saturated carbocycles. The lowest BCUT2D eigenvalue weighted by molar-refractivity contribution is -0.145. The Labute approximate surface area is 120 Å². The topological polar surface area (TPSA) is 105 Å². The van der Waals surface area contributed by atoms with E-state index < -0.39 is 16.8 Å². The van der Waals surface area contributed by atoms with Crippen LogP contribution in [-0.4, -0.2) is 34.9 Å². The van der Waals surface area contributed by atoms with E-state index in [-0.39, 0.29) is 23.5 Å². The number of hydrogen-bond acceptors (Lipinski definition) is 6. The predicted octanol–water partition coefficient (Wildman–Crippen LogP) is 1.14. The number of halogens is 1. The van der Waals surface area contributed by atoms with Gasteiger partial charge >= 0.3 is 5.97 Å². The molecule has 0 aromatic heterocycles. The van der Waals surface area contributed by atoms with Crippen molar-refractivity contribution in [3.8, 4) is 0 Å². The smallest absolute Gasteiger partial charge is 0.329 e. The van der Waals surface area contributed by atoms with Crippen LogP contribution in [-0.2, 0) is 14.3 Å². The van der Waals surface area contributed by atoms with Gasteiger partial charge in [0.25, 0.3) is 0 Å². The van der Waals surface area contributed by atoms with Crippen LogP contribution in [0.4, 0.5) is 0 Å². The average Bonchev–Trinajstić information content (AvgIpc) is 2.22. The second-order valence-corrected chi connectivity index (χ2v) is 6.62. The first-order chi connectivity index (χ1) is 7.70. The van der Waals surface area contributed by atoms with Crippen molar-refractivity contribution in [2.24, 2.45) is 5.73 Å². The molecule has 0 aliphatic carbocycles. The molecule has 1 amide bonds. The molecule has 0 radical (unpaired) electrons. The molecule has 1 atom stereocenters. The SMILES string of the molecule is COC(=O)C(NC(C)=O)C(C)(C)SSC(=N)N.Cl. The van der Waals surface area contributed by atoms with Crippen LogP contribution in [0.1, 0.15) is 20.8 Å². The molecular weight excluding hydrogens is 298 g/mol. The number of amides is 1. The monoisotopic (exact) mass is 315 g/mol. The molecule has 0 aromatic rings. The molecule has 0 fully saturated rings. The summed E-state index contributed by atoms with van der Waals surface area (Å²) < 4.78 is 4.00. The van der Waals surface area contributed by atoms with E-state index in [0.29, 0.717) is 0 Å². The lowest BCUT2D eigenvalue weighted by Gasteiger charge is -2.31. The van der Waals surface area contributed by atoms with Gasteiger partial charge in [0.1, 0.15) is 6.04 Å². The molecule has 0 saturated heterocycles. The van der Waals surface area contributed by atoms with Crippen molar-refractivity contribution in [1.29, 1.82) is 5.41 Å². The van der Waals surface area contributed by atoms with Crippen LogP contribution in [0.5, 0.6) is 0 Å². The van der Waals surface area contributed by atoms with Crippen molar-refractivity contribution in [3.05, 3.63) is 0 Å². The Balaban J connectivity index is 0. The van der Waals surface area contributed by atoms with E-state index >= 15 is 0 Å². The highest BCUT2D eigenvalue weighted by Gasteiger charge is 2.38. The lowest BCUT2D eigenvalue weighted by atomic mass is 10.0. The van der Waals surface area contributed by atoms with Crippen molar-refractivity contribution in [2.45, 2.75) is 31.6 Å². The third-order valence-corrected chi connectivity index (χ3v) is 4.83. The molecule has 6 nitrogen and oxygen atoms in total. The molecule has 1 unspecified atom stereocenters. The Kier molecular flexibility index (Phi) is 9.31. The van der Waals surface area contributed by atoms with Crippen LogP contribution in [0.15, 0.2) is 0 Å². The van der Waals surface area contributed by atoms with Crippen molar-refractivity contribution < 1.29 is 14.3 Å². The molecule has 0 rings (SSSR count). The number of nitrogens with one attached hydrogen (secondary N) is 2. The molecule has 0 aliphatic heterocycles. The predicted molar refractivity (Wildman–Crippen MR) is 78.0 cm³/mol. The molecule has 0 bridgehead atoms. The molecule has 106 valence electrons. The molecule has 4 N–H and O–H groups in total. The Bertz CT molecular complexity index is 326. The molecule has 9 heteroatoms. The fraction of sp³-hybridized carbons (Fsp3) is 0.667. The molecule has 18 heavy (non-hydrogen) atoms. The zero-order chi connectivity index (χ0) is 13.6. The van der Waals surface area contributed by atoms with Gasteiger partial charge in [-0.05, 0) is 24.6 Å². The first-order valence-corrected chi connectivity index (χ1v) is 6.90. The van der Waals surface area contributed by atoms with Crippen LogP contribution < -0.4 is 11.1 Å². The van der Waals surface area contributed by atoms with Crippen LogP contribution in [0.25, 0.3) is 0 Å². The summed E-state index contributed by atoms with van der Waals surface area (Å²) in [5, 5.41) is 9.60. The summed E-state index contributed by atoms with van der Waals surface area (Å²) in [5.41, 5.74) is 5.23. The number of esters is 1. The van der Waals surface area contributed by atoms with E-state index in [1.807, 2.05) is 0 Å². The second kappa shape index (κ2) is 8.49. The van der Waals surface area contributed by atoms with Crippen molar-refractivity contribution in [1.82, 2.24) is 5.32 Å². The van der Waals surface area contributed by atoms with Gasteiger partial charge in [-0.15, -0.1) is 12.4 Å². The highest BCUT2D eigenvalue weighted by Crippen LogP contribution is 2.38. The van der Waals surface area contributed by atoms with Gasteiger partial charge in [0.2, 0.25) is 5.91 Å². The van der Waals surface area contributed by atoms with Gasteiger partial charge in [0.15, 0.2) is 5.17 Å². The van der Waals surface area contributed by atoms with E-state index in [0.717, 1.165) is 10.8 Å². The quantitative estimate of drug-likeness (QED) is 0.304. The van der Waals surface area contributed by atoms with Crippen LogP contribution in [0.2, 0.25) is 0 Å². The van der Waals surface area contributed by atoms with Gasteiger partial charge in [-0.1, -0.05) is 10.8 Å². The highest BCUT2D eigenvalue weighted by atomic mass is 35.5. The van der Waals surface area contributed by atoms with E-state index in [9.17, 15) is 9.59 Å². The van der Waals surface area contributed by atoms with Gasteiger partial charge in [-0.3, -0.25) is 10.2 Å². The average molecular weight is 316 g/mol. The van der Waals surface area contributed by atoms with Crippen molar-refractivity contribution >= 4 is 51.0 Å². The number of rotatable bonds is 5. The van der Waals surface area contributed by atoms with Crippen LogP contribution >= 0.6 is 34.0 Å². The van der Waals surface area contributed by atoms with Gasteiger partial charge in [-0.2, -0.15) is 0 Å². The summed E-state index contributed by atoms with van der Waals surface area (Å²) >= 11 is 0. The van der Waals surface area contributed by atoms with Crippen LogP contribution in [0, 0.1) is 5.41 Å². The molecule has 0 aliphatic rings. The maximum absolute atomic E-state index is 11.6. The Morgan fingerprint density at radius 2 is 1.94 bits per heavy atom. The summed E-state index contributed by atoms with van der Waals surface area (Å²) in [6.07, 6.45) is 0. The second-order valence-electron chi connectivity index (χ2n) is 3.79. The van der Waals surface area contributed by atoms with E-state index in [1.165, 1.54) is 24.8 Å². The Hall–Kier alpha value is -0.600. The number of amidine groups is 1. The van der Waals surface area contributed by atoms with Crippen molar-refractivity contribution in [3.63, 3.8) is 0 Å². The number of carbonyl (C=O) groups excluding carboxylic acids is 2. The third-order valence-electron chi connectivity index (χ3n) is 1.83. The van der Waals surface area contributed by atoms with E-state index in [4.69, 9.17) is 11.1 Å². The summed E-state index contributed by atoms with van der Waals surface area (Å²) in [6, 6.07) is -0.790. The lowest BCUT2D eigenvalue weighted by Crippen LogP contribution is -2.52. The summed E-state index contributed by atoms with van der Waals surface area (Å²) in [6.45, 7) is 4.87. The van der Waals surface area contributed by atoms with Gasteiger partial charge in [-0.25, -0.2) is 4.79 Å². The zero-order valence-corrected chi connectivity index (χ0v) is 13.1. The van der Waals surface area contributed by atoms with Gasteiger partial charge < -0.3 is 15.8 Å². The maximum Gasteiger partial charge on any atom is 0.329 e. The molecular formula is C9H18ClN3O3S2. The Morgan fingerprint density at radius 3 is 2.28 bits per heavy atom. The molecule has 0 spiro atoms. The zero-order valence-electron chi connectivity index (χ0n) is 10.6. The number of ether oxygens (including phenoxy) is 1. The number of hydrogen-bond donors (Lipinski definition) is 3.